The molecule has 0 amide bonds. The maximum atomic E-state index is 10.9. The minimum absolute atomic E-state index is 0.00556. The lowest BCUT2D eigenvalue weighted by atomic mass is 9.98. The van der Waals surface area contributed by atoms with Gasteiger partial charge in [-0.05, 0) is 25.2 Å². The third-order valence-corrected chi connectivity index (χ3v) is 2.44. The molecule has 2 nitrogen and oxygen atoms in total. The van der Waals surface area contributed by atoms with Crippen molar-refractivity contribution in [2.45, 2.75) is 45.4 Å². The average Bonchev–Trinajstić information content (AvgIpc) is 2.27. The molecule has 1 atom stereocenters. The van der Waals surface area contributed by atoms with Gasteiger partial charge in [-0.15, -0.1) is 0 Å². The third-order valence-electron chi connectivity index (χ3n) is 2.44. The Morgan fingerprint density at radius 2 is 2.42 bits per heavy atom. The van der Waals surface area contributed by atoms with Gasteiger partial charge in [0, 0.05) is 6.42 Å². The van der Waals surface area contributed by atoms with E-state index in [2.05, 4.69) is 6.92 Å². The molecule has 1 fully saturated rings. The summed E-state index contributed by atoms with van der Waals surface area (Å²) in [4.78, 5) is 10.9. The molecular formula is C10H18O2. The monoisotopic (exact) mass is 170 g/mol. The van der Waals surface area contributed by atoms with E-state index in [0.29, 0.717) is 18.9 Å². The summed E-state index contributed by atoms with van der Waals surface area (Å²) in [7, 11) is 0. The smallest absolute Gasteiger partial charge is 0.305 e. The molecule has 2 heteroatoms. The van der Waals surface area contributed by atoms with Gasteiger partial charge in [0.2, 0.25) is 0 Å². The van der Waals surface area contributed by atoms with E-state index in [9.17, 15) is 4.79 Å². The Kier molecular flexibility index (Phi) is 4.12. The number of hydrogen-bond donors (Lipinski definition) is 0. The van der Waals surface area contributed by atoms with E-state index in [1.165, 1.54) is 25.7 Å². The molecule has 0 saturated carbocycles. The van der Waals surface area contributed by atoms with Crippen molar-refractivity contribution in [1.82, 2.24) is 0 Å². The average molecular weight is 170 g/mol. The Bertz CT molecular complexity index is 143. The molecule has 0 N–H and O–H groups in total. The van der Waals surface area contributed by atoms with Crippen LogP contribution in [0.2, 0.25) is 0 Å². The van der Waals surface area contributed by atoms with Crippen LogP contribution < -0.4 is 0 Å². The lowest BCUT2D eigenvalue weighted by Gasteiger charge is -2.11. The van der Waals surface area contributed by atoms with Crippen LogP contribution in [-0.4, -0.2) is 12.6 Å². The molecule has 70 valence electrons. The van der Waals surface area contributed by atoms with Crippen molar-refractivity contribution < 1.29 is 9.53 Å². The fraction of sp³-hybridized carbons (Fsp3) is 0.900. The molecule has 0 bridgehead atoms. The topological polar surface area (TPSA) is 26.3 Å². The lowest BCUT2D eigenvalue weighted by Crippen LogP contribution is -2.09. The Balaban J connectivity index is 2.21. The van der Waals surface area contributed by atoms with Gasteiger partial charge >= 0.3 is 5.97 Å². The highest BCUT2D eigenvalue weighted by Gasteiger charge is 2.16. The van der Waals surface area contributed by atoms with Crippen LogP contribution in [-0.2, 0) is 9.53 Å². The van der Waals surface area contributed by atoms with Crippen molar-refractivity contribution in [2.75, 3.05) is 6.61 Å². The highest BCUT2D eigenvalue weighted by atomic mass is 16.5. The van der Waals surface area contributed by atoms with Gasteiger partial charge in [-0.25, -0.2) is 0 Å². The van der Waals surface area contributed by atoms with Crippen LogP contribution in [0.1, 0.15) is 45.4 Å². The second-order valence-corrected chi connectivity index (χ2v) is 3.58. The van der Waals surface area contributed by atoms with Crippen LogP contribution in [0.25, 0.3) is 0 Å². The molecule has 0 spiro atoms. The van der Waals surface area contributed by atoms with E-state index < -0.39 is 0 Å². The van der Waals surface area contributed by atoms with Crippen LogP contribution in [0.15, 0.2) is 0 Å². The van der Waals surface area contributed by atoms with E-state index in [-0.39, 0.29) is 5.97 Å². The number of rotatable bonds is 3. The van der Waals surface area contributed by atoms with Gasteiger partial charge in [0.05, 0.1) is 6.61 Å². The Morgan fingerprint density at radius 1 is 1.58 bits per heavy atom. The summed E-state index contributed by atoms with van der Waals surface area (Å²) in [6, 6.07) is 0. The molecule has 0 unspecified atom stereocenters. The summed E-state index contributed by atoms with van der Waals surface area (Å²) in [5.41, 5.74) is 0. The quantitative estimate of drug-likeness (QED) is 0.608. The van der Waals surface area contributed by atoms with Crippen molar-refractivity contribution in [3.63, 3.8) is 0 Å². The second kappa shape index (κ2) is 5.18. The van der Waals surface area contributed by atoms with E-state index in [1.807, 2.05) is 0 Å². The van der Waals surface area contributed by atoms with E-state index >= 15 is 0 Å². The lowest BCUT2D eigenvalue weighted by molar-refractivity contribution is -0.143. The number of carbonyl (C=O) groups is 1. The van der Waals surface area contributed by atoms with E-state index in [1.54, 1.807) is 0 Å². The minimum atomic E-state index is -0.00556. The SMILES string of the molecule is CCCC[C@H]1CCCC(=O)OC1. The maximum absolute atomic E-state index is 10.9. The summed E-state index contributed by atoms with van der Waals surface area (Å²) in [5, 5.41) is 0. The van der Waals surface area contributed by atoms with Crippen molar-refractivity contribution in [1.29, 1.82) is 0 Å². The molecule has 1 aliphatic heterocycles. The van der Waals surface area contributed by atoms with Crippen LogP contribution in [0.3, 0.4) is 0 Å². The molecule has 1 aliphatic rings. The molecule has 1 saturated heterocycles. The summed E-state index contributed by atoms with van der Waals surface area (Å²) >= 11 is 0. The van der Waals surface area contributed by atoms with Gasteiger partial charge in [-0.2, -0.15) is 0 Å². The molecule has 0 aromatic heterocycles. The number of carbonyl (C=O) groups excluding carboxylic acids is 1. The zero-order valence-electron chi connectivity index (χ0n) is 7.84. The van der Waals surface area contributed by atoms with E-state index in [0.717, 1.165) is 6.42 Å². The predicted molar refractivity (Wildman–Crippen MR) is 47.8 cm³/mol. The first-order chi connectivity index (χ1) is 5.83. The Hall–Kier alpha value is -0.530. The highest BCUT2D eigenvalue weighted by molar-refractivity contribution is 5.69. The second-order valence-electron chi connectivity index (χ2n) is 3.58. The fourth-order valence-electron chi connectivity index (χ4n) is 1.62. The largest absolute Gasteiger partial charge is 0.465 e. The first-order valence-corrected chi connectivity index (χ1v) is 4.98. The summed E-state index contributed by atoms with van der Waals surface area (Å²) < 4.78 is 5.07. The number of unbranched alkanes of at least 4 members (excludes halogenated alkanes) is 1. The summed E-state index contributed by atoms with van der Waals surface area (Å²) in [6.07, 6.45) is 6.55. The predicted octanol–water partition coefficient (Wildman–Crippen LogP) is 2.52. The standard InChI is InChI=1S/C10H18O2/c1-2-3-5-9-6-4-7-10(11)12-8-9/h9H,2-8H2,1H3/t9-/m0/s1. The number of hydrogen-bond acceptors (Lipinski definition) is 2. The molecule has 1 rings (SSSR count). The zero-order valence-corrected chi connectivity index (χ0v) is 7.84. The Morgan fingerprint density at radius 3 is 3.17 bits per heavy atom. The summed E-state index contributed by atoms with van der Waals surface area (Å²) in [5.74, 6) is 0.630. The first kappa shape index (κ1) is 9.56. The maximum Gasteiger partial charge on any atom is 0.305 e. The number of esters is 1. The van der Waals surface area contributed by atoms with Gasteiger partial charge in [0.1, 0.15) is 0 Å². The molecule has 1 heterocycles. The minimum Gasteiger partial charge on any atom is -0.465 e. The Labute approximate surface area is 74.3 Å². The highest BCUT2D eigenvalue weighted by Crippen LogP contribution is 2.19. The van der Waals surface area contributed by atoms with Crippen LogP contribution in [0.4, 0.5) is 0 Å². The molecule has 0 aliphatic carbocycles. The molecule has 0 radical (unpaired) electrons. The van der Waals surface area contributed by atoms with Gasteiger partial charge in [0.15, 0.2) is 0 Å². The van der Waals surface area contributed by atoms with Crippen LogP contribution in [0, 0.1) is 5.92 Å². The van der Waals surface area contributed by atoms with Crippen molar-refractivity contribution in [3.05, 3.63) is 0 Å². The van der Waals surface area contributed by atoms with Crippen molar-refractivity contribution in [2.24, 2.45) is 5.92 Å². The van der Waals surface area contributed by atoms with Gasteiger partial charge in [-0.1, -0.05) is 19.8 Å². The molecule has 12 heavy (non-hydrogen) atoms. The van der Waals surface area contributed by atoms with Crippen molar-refractivity contribution >= 4 is 5.97 Å². The number of ether oxygens (including phenoxy) is 1. The first-order valence-electron chi connectivity index (χ1n) is 4.98. The molecular weight excluding hydrogens is 152 g/mol. The molecule has 0 aromatic carbocycles. The normalized spacial score (nSPS) is 24.8. The zero-order chi connectivity index (χ0) is 8.81. The summed E-state index contributed by atoms with van der Waals surface area (Å²) in [6.45, 7) is 2.86. The van der Waals surface area contributed by atoms with Gasteiger partial charge < -0.3 is 4.74 Å². The van der Waals surface area contributed by atoms with Crippen LogP contribution in [0.5, 0.6) is 0 Å². The molecule has 0 aromatic rings. The number of cyclic esters (lactones) is 1. The van der Waals surface area contributed by atoms with Gasteiger partial charge in [0.25, 0.3) is 0 Å². The van der Waals surface area contributed by atoms with Crippen molar-refractivity contribution in [3.8, 4) is 0 Å². The third kappa shape index (κ3) is 3.24. The van der Waals surface area contributed by atoms with Gasteiger partial charge in [-0.3, -0.25) is 4.79 Å². The fourth-order valence-corrected chi connectivity index (χ4v) is 1.62. The van der Waals surface area contributed by atoms with Crippen LogP contribution >= 0.6 is 0 Å². The van der Waals surface area contributed by atoms with E-state index in [4.69, 9.17) is 4.74 Å².